The highest BCUT2D eigenvalue weighted by molar-refractivity contribution is 7.10. The van der Waals surface area contributed by atoms with Crippen molar-refractivity contribution in [1.82, 2.24) is 5.32 Å². The van der Waals surface area contributed by atoms with Crippen LogP contribution >= 0.6 is 11.3 Å². The van der Waals surface area contributed by atoms with Gasteiger partial charge < -0.3 is 5.32 Å². The van der Waals surface area contributed by atoms with Crippen molar-refractivity contribution in [3.8, 4) is 0 Å². The summed E-state index contributed by atoms with van der Waals surface area (Å²) >= 11 is 1.81. The Hall–Kier alpha value is -0.600. The second kappa shape index (κ2) is 5.20. The van der Waals surface area contributed by atoms with Gasteiger partial charge in [-0.3, -0.25) is 0 Å². The van der Waals surface area contributed by atoms with Crippen molar-refractivity contribution < 1.29 is 0 Å². The highest BCUT2D eigenvalue weighted by atomic mass is 32.1. The lowest BCUT2D eigenvalue weighted by Crippen LogP contribution is -2.20. The quantitative estimate of drug-likeness (QED) is 0.711. The fourth-order valence-corrected chi connectivity index (χ4v) is 2.25. The van der Waals surface area contributed by atoms with Crippen LogP contribution in [0.2, 0.25) is 0 Å². The molecule has 0 amide bonds. The summed E-state index contributed by atoms with van der Waals surface area (Å²) < 4.78 is 0. The molecular formula is C11H17NS. The first kappa shape index (κ1) is 10.5. The number of nitrogens with one attached hydrogen (secondary N) is 1. The summed E-state index contributed by atoms with van der Waals surface area (Å²) in [5, 5.41) is 5.61. The van der Waals surface area contributed by atoms with Gasteiger partial charge in [0.2, 0.25) is 0 Å². The first-order chi connectivity index (χ1) is 6.29. The van der Waals surface area contributed by atoms with Crippen LogP contribution < -0.4 is 5.32 Å². The predicted octanol–water partition coefficient (Wildman–Crippen LogP) is 3.28. The second-order valence-electron chi connectivity index (χ2n) is 3.07. The minimum absolute atomic E-state index is 0.453. The molecule has 0 aromatic carbocycles. The van der Waals surface area contributed by atoms with Crippen molar-refractivity contribution in [2.24, 2.45) is 0 Å². The van der Waals surface area contributed by atoms with E-state index in [-0.39, 0.29) is 0 Å². The third kappa shape index (κ3) is 2.68. The molecule has 2 heteroatoms. The molecule has 1 heterocycles. The zero-order chi connectivity index (χ0) is 9.68. The maximum Gasteiger partial charge on any atom is 0.0365 e. The van der Waals surface area contributed by atoms with Crippen molar-refractivity contribution >= 4 is 11.3 Å². The molecule has 1 rings (SSSR count). The molecule has 0 saturated heterocycles. The van der Waals surface area contributed by atoms with Gasteiger partial charge in [0.15, 0.2) is 0 Å². The van der Waals surface area contributed by atoms with E-state index in [0.717, 1.165) is 13.0 Å². The Balaban J connectivity index is 2.74. The Morgan fingerprint density at radius 3 is 2.92 bits per heavy atom. The summed E-state index contributed by atoms with van der Waals surface area (Å²) in [6, 6.07) is 2.66. The Bertz CT molecular complexity index is 265. The smallest absolute Gasteiger partial charge is 0.0365 e. The van der Waals surface area contributed by atoms with Crippen LogP contribution in [0.1, 0.15) is 29.8 Å². The van der Waals surface area contributed by atoms with Crippen molar-refractivity contribution in [3.63, 3.8) is 0 Å². The fourth-order valence-electron chi connectivity index (χ4n) is 1.49. The van der Waals surface area contributed by atoms with Crippen LogP contribution in [0, 0.1) is 6.92 Å². The van der Waals surface area contributed by atoms with E-state index >= 15 is 0 Å². The molecule has 0 fully saturated rings. The van der Waals surface area contributed by atoms with E-state index in [1.54, 1.807) is 0 Å². The molecule has 1 atom stereocenters. The van der Waals surface area contributed by atoms with E-state index in [0.29, 0.717) is 6.04 Å². The van der Waals surface area contributed by atoms with Crippen LogP contribution in [-0.2, 0) is 0 Å². The van der Waals surface area contributed by atoms with Crippen molar-refractivity contribution in [2.45, 2.75) is 26.3 Å². The van der Waals surface area contributed by atoms with Crippen molar-refractivity contribution in [3.05, 3.63) is 34.5 Å². The van der Waals surface area contributed by atoms with Crippen LogP contribution in [0.5, 0.6) is 0 Å². The largest absolute Gasteiger partial charge is 0.310 e. The summed E-state index contributed by atoms with van der Waals surface area (Å²) in [6.45, 7) is 9.10. The van der Waals surface area contributed by atoms with Gasteiger partial charge in [-0.1, -0.05) is 13.0 Å². The summed E-state index contributed by atoms with van der Waals surface area (Å²) in [7, 11) is 0. The molecule has 0 spiro atoms. The normalized spacial score (nSPS) is 12.8. The molecule has 72 valence electrons. The minimum atomic E-state index is 0.453. The van der Waals surface area contributed by atoms with Gasteiger partial charge in [0.1, 0.15) is 0 Å². The topological polar surface area (TPSA) is 12.0 Å². The second-order valence-corrected chi connectivity index (χ2v) is 4.19. The van der Waals surface area contributed by atoms with E-state index in [2.05, 4.69) is 37.2 Å². The Kier molecular flexibility index (Phi) is 4.19. The van der Waals surface area contributed by atoms with Gasteiger partial charge >= 0.3 is 0 Å². The Morgan fingerprint density at radius 2 is 2.46 bits per heavy atom. The zero-order valence-electron chi connectivity index (χ0n) is 8.34. The van der Waals surface area contributed by atoms with Crippen LogP contribution in [-0.4, -0.2) is 6.54 Å². The number of thiophene rings is 1. The molecule has 1 nitrogen and oxygen atoms in total. The Morgan fingerprint density at radius 1 is 1.69 bits per heavy atom. The van der Waals surface area contributed by atoms with Crippen LogP contribution in [0.3, 0.4) is 0 Å². The van der Waals surface area contributed by atoms with Gasteiger partial charge in [0, 0.05) is 10.9 Å². The molecule has 0 aliphatic rings. The standard InChI is InChI=1S/C11H17NS/c1-4-6-11(12-5-2)10-7-8-13-9(10)3/h4,7-8,11-12H,1,5-6H2,2-3H3. The molecule has 1 unspecified atom stereocenters. The van der Waals surface area contributed by atoms with E-state index in [4.69, 9.17) is 0 Å². The van der Waals surface area contributed by atoms with E-state index in [1.165, 1.54) is 10.4 Å². The number of hydrogen-bond donors (Lipinski definition) is 1. The SMILES string of the molecule is C=CCC(NCC)c1ccsc1C. The molecule has 0 aliphatic heterocycles. The molecule has 13 heavy (non-hydrogen) atoms. The molecule has 1 aromatic heterocycles. The highest BCUT2D eigenvalue weighted by Gasteiger charge is 2.11. The average molecular weight is 195 g/mol. The Labute approximate surface area is 84.5 Å². The lowest BCUT2D eigenvalue weighted by atomic mass is 10.1. The molecule has 1 aromatic rings. The number of aryl methyl sites for hydroxylation is 1. The van der Waals surface area contributed by atoms with Crippen molar-refractivity contribution in [2.75, 3.05) is 6.54 Å². The average Bonchev–Trinajstić information content (AvgIpc) is 2.51. The summed E-state index contributed by atoms with van der Waals surface area (Å²) in [6.07, 6.45) is 2.98. The third-order valence-electron chi connectivity index (χ3n) is 2.13. The number of rotatable bonds is 5. The van der Waals surface area contributed by atoms with E-state index < -0.39 is 0 Å². The summed E-state index contributed by atoms with van der Waals surface area (Å²) in [5.41, 5.74) is 1.42. The predicted molar refractivity (Wildman–Crippen MR) is 60.3 cm³/mol. The summed E-state index contributed by atoms with van der Waals surface area (Å²) in [4.78, 5) is 1.41. The van der Waals surface area contributed by atoms with Gasteiger partial charge in [0.05, 0.1) is 0 Å². The molecule has 0 aliphatic carbocycles. The molecule has 1 N–H and O–H groups in total. The maximum absolute atomic E-state index is 3.79. The summed E-state index contributed by atoms with van der Waals surface area (Å²) in [5.74, 6) is 0. The molecule has 0 saturated carbocycles. The monoisotopic (exact) mass is 195 g/mol. The first-order valence-corrected chi connectivity index (χ1v) is 5.55. The van der Waals surface area contributed by atoms with E-state index in [9.17, 15) is 0 Å². The van der Waals surface area contributed by atoms with Gasteiger partial charge in [-0.15, -0.1) is 17.9 Å². The zero-order valence-corrected chi connectivity index (χ0v) is 9.16. The molecular weight excluding hydrogens is 178 g/mol. The minimum Gasteiger partial charge on any atom is -0.310 e. The lowest BCUT2D eigenvalue weighted by Gasteiger charge is -2.15. The van der Waals surface area contributed by atoms with Crippen LogP contribution in [0.15, 0.2) is 24.1 Å². The number of hydrogen-bond acceptors (Lipinski definition) is 2. The van der Waals surface area contributed by atoms with E-state index in [1.807, 2.05) is 17.4 Å². The van der Waals surface area contributed by atoms with Gasteiger partial charge in [-0.05, 0) is 36.9 Å². The maximum atomic E-state index is 3.79. The van der Waals surface area contributed by atoms with Crippen LogP contribution in [0.25, 0.3) is 0 Å². The van der Waals surface area contributed by atoms with Gasteiger partial charge in [-0.25, -0.2) is 0 Å². The lowest BCUT2D eigenvalue weighted by molar-refractivity contribution is 0.558. The fraction of sp³-hybridized carbons (Fsp3) is 0.455. The third-order valence-corrected chi connectivity index (χ3v) is 2.99. The van der Waals surface area contributed by atoms with Crippen molar-refractivity contribution in [1.29, 1.82) is 0 Å². The molecule has 0 radical (unpaired) electrons. The van der Waals surface area contributed by atoms with Gasteiger partial charge in [-0.2, -0.15) is 0 Å². The molecule has 0 bridgehead atoms. The highest BCUT2D eigenvalue weighted by Crippen LogP contribution is 2.24. The van der Waals surface area contributed by atoms with Crippen LogP contribution in [0.4, 0.5) is 0 Å². The first-order valence-electron chi connectivity index (χ1n) is 4.67. The van der Waals surface area contributed by atoms with Gasteiger partial charge in [0.25, 0.3) is 0 Å².